The summed E-state index contributed by atoms with van der Waals surface area (Å²) in [4.78, 5) is 9.06. The third kappa shape index (κ3) is 7.27. The molecule has 0 spiro atoms. The van der Waals surface area contributed by atoms with Crippen LogP contribution in [0.4, 0.5) is 13.2 Å². The molecule has 3 heterocycles. The van der Waals surface area contributed by atoms with Crippen LogP contribution in [0.25, 0.3) is 72.6 Å². The number of hydrogen-bond donors (Lipinski definition) is 0. The molecule has 4 nitrogen and oxygen atoms in total. The van der Waals surface area contributed by atoms with Crippen molar-refractivity contribution < 1.29 is 41.8 Å². The maximum atomic E-state index is 13.7. The molecule has 0 aliphatic carbocycles. The van der Waals surface area contributed by atoms with Gasteiger partial charge in [-0.2, -0.15) is 13.2 Å². The number of imidazole rings is 1. The third-order valence-corrected chi connectivity index (χ3v) is 8.80. The summed E-state index contributed by atoms with van der Waals surface area (Å²) in [7, 11) is 0. The van der Waals surface area contributed by atoms with Crippen molar-refractivity contribution in [1.82, 2.24) is 14.5 Å². The van der Waals surface area contributed by atoms with Gasteiger partial charge in [-0.1, -0.05) is 132 Å². The van der Waals surface area contributed by atoms with Crippen LogP contribution in [0.5, 0.6) is 0 Å². The summed E-state index contributed by atoms with van der Waals surface area (Å²) in [5.41, 5.74) is 8.04. The standard InChI is InChI=1S/C34H20F3N2O.C12H10N.Ir/c35-34(36,37)24-18-19-31-27(20-24)28(21-40-31)33-38-29-16-7-8-17-30(29)39(33)32-25(22-10-3-1-4-11-22)14-9-15-26(32)23-12-5-2-6-13-23;1-10-7-8-12(13-9-10)11-5-3-2-4-6-11;/h1-20H;2-5,7-9H,1H3;/q2*-1;/i;1D3;. The Hall–Kier alpha value is -6.08. The fourth-order valence-corrected chi connectivity index (χ4v) is 6.33. The summed E-state index contributed by atoms with van der Waals surface area (Å²) in [6.07, 6.45) is -0.232. The van der Waals surface area contributed by atoms with E-state index >= 15 is 0 Å². The zero-order chi connectivity index (χ0) is 38.9. The van der Waals surface area contributed by atoms with E-state index in [1.165, 1.54) is 12.3 Å². The Bertz CT molecular complexity index is 2710. The topological polar surface area (TPSA) is 43.9 Å². The van der Waals surface area contributed by atoms with Gasteiger partial charge >= 0.3 is 6.18 Å². The Morgan fingerprint density at radius 3 is 2.04 bits per heavy atom. The minimum Gasteiger partial charge on any atom is -0.557 e. The van der Waals surface area contributed by atoms with Crippen LogP contribution >= 0.6 is 0 Å². The number of benzene rings is 6. The average molecular weight is 893 g/mol. The van der Waals surface area contributed by atoms with Crippen molar-refractivity contribution in [2.45, 2.75) is 13.0 Å². The second-order valence-corrected chi connectivity index (χ2v) is 12.2. The molecule has 0 bridgehead atoms. The zero-order valence-corrected chi connectivity index (χ0v) is 30.7. The van der Waals surface area contributed by atoms with Crippen LogP contribution in [-0.4, -0.2) is 14.5 Å². The summed E-state index contributed by atoms with van der Waals surface area (Å²) in [6.45, 7) is -2.09. The van der Waals surface area contributed by atoms with E-state index in [9.17, 15) is 13.2 Å². The molecule has 9 aromatic rings. The first-order chi connectivity index (χ1) is 27.1. The molecule has 0 saturated heterocycles. The molecule has 0 aliphatic heterocycles. The van der Waals surface area contributed by atoms with Crippen molar-refractivity contribution >= 4 is 22.0 Å². The molecule has 267 valence electrons. The predicted octanol–water partition coefficient (Wildman–Crippen LogP) is 12.4. The maximum Gasteiger partial charge on any atom is 0.415 e. The molecular weight excluding hydrogens is 860 g/mol. The number of aryl methyl sites for hydroxylation is 1. The molecule has 0 atom stereocenters. The summed E-state index contributed by atoms with van der Waals surface area (Å²) in [5, 5.41) is 0.296. The van der Waals surface area contributed by atoms with Gasteiger partial charge in [0.1, 0.15) is 0 Å². The van der Waals surface area contributed by atoms with E-state index in [-0.39, 0.29) is 25.7 Å². The molecule has 0 saturated carbocycles. The first kappa shape index (κ1) is 32.6. The average Bonchev–Trinajstić information content (AvgIpc) is 3.82. The van der Waals surface area contributed by atoms with E-state index in [4.69, 9.17) is 13.5 Å². The molecule has 6 aromatic carbocycles. The normalized spacial score (nSPS) is 12.2. The molecule has 0 fully saturated rings. The summed E-state index contributed by atoms with van der Waals surface area (Å²) in [6, 6.07) is 51.1. The molecular formula is C46H30F3IrN3O-2. The van der Waals surface area contributed by atoms with Crippen molar-refractivity contribution in [3.8, 4) is 50.6 Å². The van der Waals surface area contributed by atoms with Crippen LogP contribution < -0.4 is 0 Å². The number of para-hydroxylation sites is 3. The Labute approximate surface area is 328 Å². The smallest absolute Gasteiger partial charge is 0.415 e. The summed E-state index contributed by atoms with van der Waals surface area (Å²) < 4.78 is 70.4. The monoisotopic (exact) mass is 893 g/mol. The minimum atomic E-state index is -4.50. The van der Waals surface area contributed by atoms with Gasteiger partial charge in [0.15, 0.2) is 0 Å². The van der Waals surface area contributed by atoms with E-state index in [0.717, 1.165) is 56.8 Å². The molecule has 54 heavy (non-hydrogen) atoms. The summed E-state index contributed by atoms with van der Waals surface area (Å²) in [5.74, 6) is 0.444. The van der Waals surface area contributed by atoms with Gasteiger partial charge in [-0.05, 0) is 41.4 Å². The van der Waals surface area contributed by atoms with E-state index in [1.54, 1.807) is 18.2 Å². The van der Waals surface area contributed by atoms with Gasteiger partial charge in [-0.3, -0.25) is 4.98 Å². The number of fused-ring (bicyclic) bond motifs is 2. The molecule has 9 rings (SSSR count). The van der Waals surface area contributed by atoms with Crippen molar-refractivity contribution in [3.63, 3.8) is 0 Å². The largest absolute Gasteiger partial charge is 0.557 e. The maximum absolute atomic E-state index is 13.7. The number of nitrogens with zero attached hydrogens (tertiary/aromatic N) is 3. The summed E-state index contributed by atoms with van der Waals surface area (Å²) >= 11 is 0. The molecule has 0 aliphatic rings. The molecule has 3 aromatic heterocycles. The first-order valence-electron chi connectivity index (χ1n) is 18.2. The SMILES string of the molecule is FC(F)(F)c1ccc2o[c-]c(-c3nc4ccccc4n3-c3c(-c4ccccc4)cccc3-c3ccccc3)c2c1.[2H]C([2H])([2H])c1ccc(-c2[c-]cccc2)nc1.[Ir]. The van der Waals surface area contributed by atoms with Gasteiger partial charge in [-0.15, -0.1) is 35.9 Å². The Balaban J connectivity index is 0.000000246. The van der Waals surface area contributed by atoms with E-state index < -0.39 is 18.6 Å². The number of aromatic nitrogens is 3. The van der Waals surface area contributed by atoms with Crippen LogP contribution in [0.15, 0.2) is 168 Å². The van der Waals surface area contributed by atoms with Crippen LogP contribution in [-0.2, 0) is 26.3 Å². The Kier molecular flexibility index (Phi) is 9.34. The second-order valence-electron chi connectivity index (χ2n) is 12.2. The molecule has 1 radical (unpaired) electrons. The van der Waals surface area contributed by atoms with Gasteiger partial charge in [0, 0.05) is 59.0 Å². The molecule has 0 amide bonds. The van der Waals surface area contributed by atoms with Gasteiger partial charge in [0.25, 0.3) is 0 Å². The van der Waals surface area contributed by atoms with E-state index in [1.807, 2.05) is 114 Å². The zero-order valence-electron chi connectivity index (χ0n) is 31.3. The van der Waals surface area contributed by atoms with Crippen molar-refractivity contribution in [1.29, 1.82) is 0 Å². The second kappa shape index (κ2) is 15.5. The van der Waals surface area contributed by atoms with Crippen molar-refractivity contribution in [2.24, 2.45) is 0 Å². The Morgan fingerprint density at radius 2 is 1.41 bits per heavy atom. The van der Waals surface area contributed by atoms with Crippen LogP contribution in [0, 0.1) is 19.2 Å². The van der Waals surface area contributed by atoms with Gasteiger partial charge in [0.2, 0.25) is 0 Å². The van der Waals surface area contributed by atoms with Crippen molar-refractivity contribution in [2.75, 3.05) is 0 Å². The van der Waals surface area contributed by atoms with Crippen LogP contribution in [0.2, 0.25) is 0 Å². The molecule has 8 heteroatoms. The molecule has 0 N–H and O–H groups in total. The number of pyridine rings is 1. The number of rotatable bonds is 5. The number of halogens is 3. The quantitative estimate of drug-likeness (QED) is 0.162. The number of alkyl halides is 3. The van der Waals surface area contributed by atoms with E-state index in [2.05, 4.69) is 29.4 Å². The number of hydrogen-bond acceptors (Lipinski definition) is 3. The first-order valence-corrected chi connectivity index (χ1v) is 16.7. The molecule has 0 unspecified atom stereocenters. The Morgan fingerprint density at radius 1 is 0.722 bits per heavy atom. The van der Waals surface area contributed by atoms with E-state index in [0.29, 0.717) is 27.9 Å². The predicted molar refractivity (Wildman–Crippen MR) is 204 cm³/mol. The fourth-order valence-electron chi connectivity index (χ4n) is 6.33. The fraction of sp³-hybridized carbons (Fsp3) is 0.0435. The van der Waals surface area contributed by atoms with Crippen LogP contribution in [0.1, 0.15) is 15.2 Å². The van der Waals surface area contributed by atoms with Gasteiger partial charge < -0.3 is 14.0 Å². The van der Waals surface area contributed by atoms with Crippen molar-refractivity contribution in [3.05, 3.63) is 187 Å². The minimum absolute atomic E-state index is 0. The third-order valence-electron chi connectivity index (χ3n) is 8.80. The van der Waals surface area contributed by atoms with Crippen LogP contribution in [0.3, 0.4) is 0 Å². The van der Waals surface area contributed by atoms with Gasteiger partial charge in [-0.25, -0.2) is 0 Å². The number of furan rings is 1. The van der Waals surface area contributed by atoms with Gasteiger partial charge in [0.05, 0.1) is 22.5 Å².